The van der Waals surface area contributed by atoms with Crippen molar-refractivity contribution < 1.29 is 9.53 Å². The molecule has 1 saturated carbocycles. The second kappa shape index (κ2) is 7.99. The number of piperidine rings is 1. The second-order valence-corrected chi connectivity index (χ2v) is 6.29. The lowest BCUT2D eigenvalue weighted by Crippen LogP contribution is -2.54. The number of hydrogen-bond donors (Lipinski definition) is 2. The predicted molar refractivity (Wildman–Crippen MR) is 80.7 cm³/mol. The van der Waals surface area contributed by atoms with E-state index in [1.54, 1.807) is 0 Å². The average molecular weight is 282 g/mol. The van der Waals surface area contributed by atoms with Gasteiger partial charge in [0.25, 0.3) is 0 Å². The van der Waals surface area contributed by atoms with Gasteiger partial charge in [0, 0.05) is 12.1 Å². The molecular formula is C16H30N2O2. The minimum absolute atomic E-state index is 0.0821. The van der Waals surface area contributed by atoms with E-state index in [0.717, 1.165) is 38.6 Å². The molecule has 1 saturated heterocycles. The molecule has 3 atom stereocenters. The van der Waals surface area contributed by atoms with Gasteiger partial charge < -0.3 is 15.4 Å². The van der Waals surface area contributed by atoms with E-state index in [1.807, 2.05) is 6.92 Å². The van der Waals surface area contributed by atoms with Crippen molar-refractivity contribution in [2.75, 3.05) is 6.54 Å². The monoisotopic (exact) mass is 282 g/mol. The van der Waals surface area contributed by atoms with Crippen molar-refractivity contribution >= 4 is 5.91 Å². The molecule has 20 heavy (non-hydrogen) atoms. The first-order chi connectivity index (χ1) is 9.70. The average Bonchev–Trinajstić information content (AvgIpc) is 2.48. The normalized spacial score (nSPS) is 29.9. The molecule has 116 valence electrons. The van der Waals surface area contributed by atoms with E-state index < -0.39 is 0 Å². The van der Waals surface area contributed by atoms with Gasteiger partial charge in [-0.05, 0) is 45.6 Å². The van der Waals surface area contributed by atoms with E-state index in [0.29, 0.717) is 12.1 Å². The summed E-state index contributed by atoms with van der Waals surface area (Å²) in [6.07, 6.45) is 9.02. The number of amides is 1. The topological polar surface area (TPSA) is 50.4 Å². The molecule has 0 bridgehead atoms. The summed E-state index contributed by atoms with van der Waals surface area (Å²) in [5.74, 6) is 0.0821. The number of carbonyl (C=O) groups is 1. The Morgan fingerprint density at radius 2 is 2.00 bits per heavy atom. The summed E-state index contributed by atoms with van der Waals surface area (Å²) in [6.45, 7) is 5.24. The summed E-state index contributed by atoms with van der Waals surface area (Å²) >= 11 is 0. The molecule has 0 aromatic rings. The minimum atomic E-state index is -0.271. The fourth-order valence-electron chi connectivity index (χ4n) is 3.29. The molecule has 1 aliphatic heterocycles. The van der Waals surface area contributed by atoms with Crippen LogP contribution in [0.2, 0.25) is 0 Å². The fourth-order valence-corrected chi connectivity index (χ4v) is 3.29. The van der Waals surface area contributed by atoms with Gasteiger partial charge in [0.2, 0.25) is 5.91 Å². The quantitative estimate of drug-likeness (QED) is 0.814. The molecular weight excluding hydrogens is 252 g/mol. The summed E-state index contributed by atoms with van der Waals surface area (Å²) in [5.41, 5.74) is 0. The van der Waals surface area contributed by atoms with E-state index >= 15 is 0 Å². The Labute approximate surface area is 123 Å². The lowest BCUT2D eigenvalue weighted by molar-refractivity contribution is -0.139. The Bertz CT molecular complexity index is 303. The van der Waals surface area contributed by atoms with E-state index in [4.69, 9.17) is 4.74 Å². The Balaban J connectivity index is 1.81. The summed E-state index contributed by atoms with van der Waals surface area (Å²) < 4.78 is 6.05. The minimum Gasteiger partial charge on any atom is -0.365 e. The maximum atomic E-state index is 12.4. The summed E-state index contributed by atoms with van der Waals surface area (Å²) in [6, 6.07) is 0.611. The van der Waals surface area contributed by atoms with Gasteiger partial charge in [-0.1, -0.05) is 26.2 Å². The van der Waals surface area contributed by atoms with Crippen LogP contribution in [0.15, 0.2) is 0 Å². The third-order valence-corrected chi connectivity index (χ3v) is 4.66. The standard InChI is InChI=1S/C16H30N2O2/c1-3-15(20-13-8-5-4-6-9-13)16(19)18-14-10-7-11-17-12(14)2/h12-15,17H,3-11H2,1-2H3,(H,18,19). The van der Waals surface area contributed by atoms with Crippen LogP contribution in [-0.2, 0) is 9.53 Å². The number of nitrogens with one attached hydrogen (secondary N) is 2. The van der Waals surface area contributed by atoms with Gasteiger partial charge in [-0.2, -0.15) is 0 Å². The number of rotatable bonds is 5. The van der Waals surface area contributed by atoms with Crippen LogP contribution in [0.5, 0.6) is 0 Å². The molecule has 0 spiro atoms. The first-order valence-corrected chi connectivity index (χ1v) is 8.40. The molecule has 2 fully saturated rings. The van der Waals surface area contributed by atoms with Gasteiger partial charge in [-0.15, -0.1) is 0 Å². The molecule has 1 amide bonds. The lowest BCUT2D eigenvalue weighted by Gasteiger charge is -2.33. The van der Waals surface area contributed by atoms with Gasteiger partial charge in [-0.25, -0.2) is 0 Å². The van der Waals surface area contributed by atoms with Crippen LogP contribution in [0.3, 0.4) is 0 Å². The number of hydrogen-bond acceptors (Lipinski definition) is 3. The molecule has 4 nitrogen and oxygen atoms in total. The van der Waals surface area contributed by atoms with Crippen molar-refractivity contribution in [2.24, 2.45) is 0 Å². The van der Waals surface area contributed by atoms with Crippen LogP contribution in [-0.4, -0.2) is 36.7 Å². The van der Waals surface area contributed by atoms with Crippen LogP contribution in [0.25, 0.3) is 0 Å². The largest absolute Gasteiger partial charge is 0.365 e. The first kappa shape index (κ1) is 15.8. The Morgan fingerprint density at radius 3 is 2.65 bits per heavy atom. The molecule has 2 aliphatic rings. The highest BCUT2D eigenvalue weighted by Crippen LogP contribution is 2.22. The van der Waals surface area contributed by atoms with Gasteiger partial charge in [0.15, 0.2) is 0 Å². The van der Waals surface area contributed by atoms with Gasteiger partial charge >= 0.3 is 0 Å². The van der Waals surface area contributed by atoms with E-state index in [-0.39, 0.29) is 18.1 Å². The highest BCUT2D eigenvalue weighted by molar-refractivity contribution is 5.81. The Kier molecular flexibility index (Phi) is 6.30. The molecule has 0 radical (unpaired) electrons. The SMILES string of the molecule is CCC(OC1CCCCC1)C(=O)NC1CCCNC1C. The molecule has 0 aromatic heterocycles. The Morgan fingerprint density at radius 1 is 1.25 bits per heavy atom. The van der Waals surface area contributed by atoms with E-state index in [1.165, 1.54) is 19.3 Å². The summed E-state index contributed by atoms with van der Waals surface area (Å²) in [7, 11) is 0. The summed E-state index contributed by atoms with van der Waals surface area (Å²) in [5, 5.41) is 6.60. The van der Waals surface area contributed by atoms with Crippen LogP contribution in [0.1, 0.15) is 65.2 Å². The lowest BCUT2D eigenvalue weighted by atomic mass is 9.97. The zero-order valence-corrected chi connectivity index (χ0v) is 13.0. The predicted octanol–water partition coefficient (Wildman–Crippen LogP) is 2.37. The van der Waals surface area contributed by atoms with Crippen molar-refractivity contribution in [2.45, 2.75) is 89.5 Å². The van der Waals surface area contributed by atoms with Crippen LogP contribution >= 0.6 is 0 Å². The molecule has 1 aliphatic carbocycles. The van der Waals surface area contributed by atoms with Crippen molar-refractivity contribution in [3.8, 4) is 0 Å². The third kappa shape index (κ3) is 4.45. The summed E-state index contributed by atoms with van der Waals surface area (Å²) in [4.78, 5) is 12.4. The number of ether oxygens (including phenoxy) is 1. The maximum Gasteiger partial charge on any atom is 0.249 e. The number of carbonyl (C=O) groups excluding carboxylic acids is 1. The highest BCUT2D eigenvalue weighted by atomic mass is 16.5. The molecule has 3 unspecified atom stereocenters. The third-order valence-electron chi connectivity index (χ3n) is 4.66. The van der Waals surface area contributed by atoms with Crippen molar-refractivity contribution in [1.82, 2.24) is 10.6 Å². The highest BCUT2D eigenvalue weighted by Gasteiger charge is 2.28. The van der Waals surface area contributed by atoms with Gasteiger partial charge in [0.05, 0.1) is 6.10 Å². The zero-order valence-electron chi connectivity index (χ0n) is 13.0. The smallest absolute Gasteiger partial charge is 0.249 e. The molecule has 4 heteroatoms. The van der Waals surface area contributed by atoms with Crippen molar-refractivity contribution in [3.05, 3.63) is 0 Å². The first-order valence-electron chi connectivity index (χ1n) is 8.40. The van der Waals surface area contributed by atoms with Crippen LogP contribution < -0.4 is 10.6 Å². The molecule has 0 aromatic carbocycles. The second-order valence-electron chi connectivity index (χ2n) is 6.29. The molecule has 2 N–H and O–H groups in total. The Hall–Kier alpha value is -0.610. The van der Waals surface area contributed by atoms with Gasteiger partial charge in [-0.3, -0.25) is 4.79 Å². The van der Waals surface area contributed by atoms with Crippen molar-refractivity contribution in [1.29, 1.82) is 0 Å². The zero-order chi connectivity index (χ0) is 14.4. The maximum absolute atomic E-state index is 12.4. The van der Waals surface area contributed by atoms with Gasteiger partial charge in [0.1, 0.15) is 6.10 Å². The molecule has 1 heterocycles. The van der Waals surface area contributed by atoms with E-state index in [9.17, 15) is 4.79 Å². The van der Waals surface area contributed by atoms with Crippen LogP contribution in [0.4, 0.5) is 0 Å². The fraction of sp³-hybridized carbons (Fsp3) is 0.938. The van der Waals surface area contributed by atoms with E-state index in [2.05, 4.69) is 17.6 Å². The molecule has 2 rings (SSSR count). The van der Waals surface area contributed by atoms with Crippen LogP contribution in [0, 0.1) is 0 Å². The van der Waals surface area contributed by atoms with Crippen molar-refractivity contribution in [3.63, 3.8) is 0 Å².